The minimum Gasteiger partial charge on any atom is -0.382 e. The first kappa shape index (κ1) is 14.6. The number of anilines is 2. The summed E-state index contributed by atoms with van der Waals surface area (Å²) in [4.78, 5) is 19.5. The van der Waals surface area contributed by atoms with Crippen LogP contribution in [0, 0.1) is 11.8 Å². The van der Waals surface area contributed by atoms with E-state index in [9.17, 15) is 4.79 Å². The summed E-state index contributed by atoms with van der Waals surface area (Å²) in [6.45, 7) is 6.13. The van der Waals surface area contributed by atoms with Crippen molar-refractivity contribution in [3.05, 3.63) is 4.88 Å². The minimum atomic E-state index is 0.0507. The number of carbonyl (C=O) groups is 1. The molecule has 1 saturated heterocycles. The van der Waals surface area contributed by atoms with Gasteiger partial charge in [-0.15, -0.1) is 0 Å². The summed E-state index contributed by atoms with van der Waals surface area (Å²) < 4.78 is 0. The van der Waals surface area contributed by atoms with Crippen molar-refractivity contribution in [1.29, 1.82) is 0 Å². The van der Waals surface area contributed by atoms with Crippen LogP contribution in [0.3, 0.4) is 0 Å². The van der Waals surface area contributed by atoms with Crippen LogP contribution in [0.25, 0.3) is 0 Å². The van der Waals surface area contributed by atoms with Gasteiger partial charge in [0.15, 0.2) is 5.13 Å². The summed E-state index contributed by atoms with van der Waals surface area (Å²) in [5, 5.41) is 4.16. The van der Waals surface area contributed by atoms with E-state index in [1.807, 2.05) is 4.90 Å². The molecule has 2 aliphatic rings. The standard InChI is InChI=1S/C15H24N4OS/c1-9(2)10-6-7-19(8-10)14(20)12-13(16)18-15(21-12)17-11-4-3-5-11/h9-11H,3-8,16H2,1-2H3,(H,17,18). The van der Waals surface area contributed by atoms with Crippen LogP contribution in [0.5, 0.6) is 0 Å². The molecule has 1 aromatic rings. The van der Waals surface area contributed by atoms with Gasteiger partial charge in [-0.1, -0.05) is 25.2 Å². The highest BCUT2D eigenvalue weighted by atomic mass is 32.1. The van der Waals surface area contributed by atoms with Crippen molar-refractivity contribution < 1.29 is 4.79 Å². The summed E-state index contributed by atoms with van der Waals surface area (Å²) in [5.74, 6) is 1.66. The number of aromatic nitrogens is 1. The molecule has 0 spiro atoms. The minimum absolute atomic E-state index is 0.0507. The quantitative estimate of drug-likeness (QED) is 0.897. The van der Waals surface area contributed by atoms with E-state index >= 15 is 0 Å². The smallest absolute Gasteiger partial charge is 0.267 e. The molecule has 116 valence electrons. The Kier molecular flexibility index (Phi) is 4.06. The molecule has 6 heteroatoms. The molecule has 1 amide bonds. The van der Waals surface area contributed by atoms with Gasteiger partial charge in [0.25, 0.3) is 5.91 Å². The summed E-state index contributed by atoms with van der Waals surface area (Å²) in [7, 11) is 0. The normalized spacial score (nSPS) is 22.6. The molecule has 0 aromatic carbocycles. The number of nitrogens with zero attached hydrogens (tertiary/aromatic N) is 2. The molecule has 0 radical (unpaired) electrons. The SMILES string of the molecule is CC(C)C1CCN(C(=O)c2sc(NC3CCC3)nc2N)C1. The fourth-order valence-corrected chi connectivity index (χ4v) is 3.86. The fourth-order valence-electron chi connectivity index (χ4n) is 2.93. The number of hydrogen-bond donors (Lipinski definition) is 2. The van der Waals surface area contributed by atoms with Crippen molar-refractivity contribution in [2.24, 2.45) is 11.8 Å². The second-order valence-electron chi connectivity index (χ2n) is 6.55. The lowest BCUT2D eigenvalue weighted by atomic mass is 9.93. The highest BCUT2D eigenvalue weighted by Gasteiger charge is 2.31. The Bertz CT molecular complexity index is 524. The third-order valence-corrected chi connectivity index (χ3v) is 5.73. The summed E-state index contributed by atoms with van der Waals surface area (Å²) >= 11 is 1.40. The highest BCUT2D eigenvalue weighted by molar-refractivity contribution is 7.18. The first-order chi connectivity index (χ1) is 10.0. The lowest BCUT2D eigenvalue weighted by molar-refractivity contribution is 0.0789. The monoisotopic (exact) mass is 308 g/mol. The molecule has 21 heavy (non-hydrogen) atoms. The number of nitrogens with two attached hydrogens (primary N) is 1. The Morgan fingerprint density at radius 2 is 2.19 bits per heavy atom. The van der Waals surface area contributed by atoms with Crippen LogP contribution >= 0.6 is 11.3 Å². The van der Waals surface area contributed by atoms with Crippen LogP contribution in [0.4, 0.5) is 10.9 Å². The lowest BCUT2D eigenvalue weighted by Crippen LogP contribution is -2.29. The fraction of sp³-hybridized carbons (Fsp3) is 0.733. The maximum atomic E-state index is 12.6. The van der Waals surface area contributed by atoms with Gasteiger partial charge in [0, 0.05) is 19.1 Å². The number of hydrogen-bond acceptors (Lipinski definition) is 5. The topological polar surface area (TPSA) is 71.2 Å². The van der Waals surface area contributed by atoms with Gasteiger partial charge in [-0.05, 0) is 37.5 Å². The molecule has 0 bridgehead atoms. The number of carbonyl (C=O) groups excluding carboxylic acids is 1. The molecule has 3 rings (SSSR count). The van der Waals surface area contributed by atoms with Crippen molar-refractivity contribution in [3.63, 3.8) is 0 Å². The third kappa shape index (κ3) is 3.00. The molecule has 1 aromatic heterocycles. The average Bonchev–Trinajstić information content (AvgIpc) is 3.00. The third-order valence-electron chi connectivity index (χ3n) is 4.74. The van der Waals surface area contributed by atoms with E-state index in [0.717, 1.165) is 24.6 Å². The lowest BCUT2D eigenvalue weighted by Gasteiger charge is -2.25. The van der Waals surface area contributed by atoms with E-state index in [2.05, 4.69) is 24.1 Å². The molecule has 5 nitrogen and oxygen atoms in total. The molecule has 1 aliphatic heterocycles. The van der Waals surface area contributed by atoms with Gasteiger partial charge in [-0.25, -0.2) is 4.98 Å². The number of thiazole rings is 1. The van der Waals surface area contributed by atoms with E-state index in [1.54, 1.807) is 0 Å². The summed E-state index contributed by atoms with van der Waals surface area (Å²) in [6.07, 6.45) is 4.74. The Balaban J connectivity index is 1.67. The van der Waals surface area contributed by atoms with Crippen LogP contribution in [0.15, 0.2) is 0 Å². The van der Waals surface area contributed by atoms with Crippen LogP contribution in [0.1, 0.15) is 49.2 Å². The molecule has 2 heterocycles. The Morgan fingerprint density at radius 3 is 2.76 bits per heavy atom. The van der Waals surface area contributed by atoms with Crippen molar-refractivity contribution in [2.45, 2.75) is 45.6 Å². The largest absolute Gasteiger partial charge is 0.382 e. The number of nitrogen functional groups attached to an aromatic ring is 1. The first-order valence-electron chi connectivity index (χ1n) is 7.86. The van der Waals surface area contributed by atoms with Crippen LogP contribution in [-0.2, 0) is 0 Å². The average molecular weight is 308 g/mol. The first-order valence-corrected chi connectivity index (χ1v) is 8.68. The van der Waals surface area contributed by atoms with Crippen LogP contribution in [-0.4, -0.2) is 34.9 Å². The van der Waals surface area contributed by atoms with Gasteiger partial charge >= 0.3 is 0 Å². The van der Waals surface area contributed by atoms with Crippen molar-refractivity contribution in [2.75, 3.05) is 24.1 Å². The van der Waals surface area contributed by atoms with Gasteiger partial charge in [0.2, 0.25) is 0 Å². The van der Waals surface area contributed by atoms with E-state index in [1.165, 1.54) is 30.6 Å². The second kappa shape index (κ2) is 5.83. The van der Waals surface area contributed by atoms with Gasteiger partial charge < -0.3 is 16.0 Å². The van der Waals surface area contributed by atoms with Crippen molar-refractivity contribution in [1.82, 2.24) is 9.88 Å². The Hall–Kier alpha value is -1.30. The van der Waals surface area contributed by atoms with E-state index in [0.29, 0.717) is 28.6 Å². The zero-order valence-electron chi connectivity index (χ0n) is 12.8. The van der Waals surface area contributed by atoms with Gasteiger partial charge in [-0.2, -0.15) is 0 Å². The molecule has 3 N–H and O–H groups in total. The highest BCUT2D eigenvalue weighted by Crippen LogP contribution is 2.32. The van der Waals surface area contributed by atoms with Crippen molar-refractivity contribution in [3.8, 4) is 0 Å². The number of likely N-dealkylation sites (tertiary alicyclic amines) is 1. The van der Waals surface area contributed by atoms with Gasteiger partial charge in [0.05, 0.1) is 0 Å². The number of rotatable bonds is 4. The van der Waals surface area contributed by atoms with E-state index in [-0.39, 0.29) is 5.91 Å². The van der Waals surface area contributed by atoms with E-state index < -0.39 is 0 Å². The summed E-state index contributed by atoms with van der Waals surface area (Å²) in [6, 6.07) is 0.510. The second-order valence-corrected chi connectivity index (χ2v) is 7.55. The zero-order chi connectivity index (χ0) is 15.0. The number of nitrogens with one attached hydrogen (secondary N) is 1. The molecule has 1 saturated carbocycles. The number of amides is 1. The molecule has 1 atom stereocenters. The maximum Gasteiger partial charge on any atom is 0.267 e. The van der Waals surface area contributed by atoms with Gasteiger partial charge in [-0.3, -0.25) is 4.79 Å². The molecular weight excluding hydrogens is 284 g/mol. The molecule has 2 fully saturated rings. The Morgan fingerprint density at radius 1 is 1.43 bits per heavy atom. The predicted molar refractivity (Wildman–Crippen MR) is 86.6 cm³/mol. The molecule has 1 aliphatic carbocycles. The van der Waals surface area contributed by atoms with Crippen LogP contribution < -0.4 is 11.1 Å². The zero-order valence-corrected chi connectivity index (χ0v) is 13.6. The predicted octanol–water partition coefficient (Wildman–Crippen LogP) is 2.81. The molecule has 1 unspecified atom stereocenters. The van der Waals surface area contributed by atoms with Gasteiger partial charge in [0.1, 0.15) is 10.7 Å². The molecular formula is C15H24N4OS. The van der Waals surface area contributed by atoms with Crippen LogP contribution in [0.2, 0.25) is 0 Å². The maximum absolute atomic E-state index is 12.6. The Labute approximate surface area is 129 Å². The summed E-state index contributed by atoms with van der Waals surface area (Å²) in [5.41, 5.74) is 5.95. The van der Waals surface area contributed by atoms with Crippen molar-refractivity contribution >= 4 is 28.2 Å². The van der Waals surface area contributed by atoms with E-state index in [4.69, 9.17) is 5.73 Å².